The van der Waals surface area contributed by atoms with Crippen molar-refractivity contribution >= 4 is 23.2 Å². The summed E-state index contributed by atoms with van der Waals surface area (Å²) in [7, 11) is 1.40. The van der Waals surface area contributed by atoms with Crippen LogP contribution in [0.2, 0.25) is 10.0 Å². The fourth-order valence-electron chi connectivity index (χ4n) is 1.42. The summed E-state index contributed by atoms with van der Waals surface area (Å²) in [5.74, 6) is 0. The first-order chi connectivity index (χ1) is 7.97. The van der Waals surface area contributed by atoms with E-state index in [4.69, 9.17) is 23.2 Å². The molecule has 88 valence electrons. The van der Waals surface area contributed by atoms with Crippen LogP contribution in [0.3, 0.4) is 0 Å². The van der Waals surface area contributed by atoms with Crippen LogP contribution in [0.5, 0.6) is 0 Å². The van der Waals surface area contributed by atoms with Gasteiger partial charge in [-0.15, -0.1) is 0 Å². The highest BCUT2D eigenvalue weighted by Gasteiger charge is 2.05. The number of nitrogens with zero attached hydrogens (tertiary/aromatic N) is 1. The summed E-state index contributed by atoms with van der Waals surface area (Å²) in [5, 5.41) is 0.878. The molecule has 4 nitrogen and oxygen atoms in total. The van der Waals surface area contributed by atoms with E-state index in [1.165, 1.54) is 13.1 Å². The summed E-state index contributed by atoms with van der Waals surface area (Å²) in [6.07, 6.45) is 0. The minimum Gasteiger partial charge on any atom is -0.307 e. The lowest BCUT2D eigenvalue weighted by Crippen LogP contribution is -2.32. The molecule has 0 aliphatic carbocycles. The van der Waals surface area contributed by atoms with Gasteiger partial charge in [0.25, 0.3) is 5.56 Å². The van der Waals surface area contributed by atoms with E-state index in [2.05, 4.69) is 4.98 Å². The average Bonchev–Trinajstić information content (AvgIpc) is 2.23. The van der Waals surface area contributed by atoms with Crippen LogP contribution in [0.15, 0.2) is 33.9 Å². The van der Waals surface area contributed by atoms with Gasteiger partial charge in [-0.1, -0.05) is 23.2 Å². The van der Waals surface area contributed by atoms with Crippen molar-refractivity contribution in [3.63, 3.8) is 0 Å². The Bertz CT molecular complexity index is 637. The van der Waals surface area contributed by atoms with Crippen LogP contribution in [0, 0.1) is 0 Å². The standard InChI is InChI=1S/C11H8Cl2N2O2/c1-15-10(16)5-9(14-11(15)17)6-2-7(12)4-8(13)3-6/h2-5H,1H3,(H,14,17). The summed E-state index contributed by atoms with van der Waals surface area (Å²) in [6, 6.07) is 6.14. The number of aromatic nitrogens is 2. The fourth-order valence-corrected chi connectivity index (χ4v) is 1.95. The Morgan fingerprint density at radius 3 is 2.18 bits per heavy atom. The number of hydrogen-bond acceptors (Lipinski definition) is 2. The van der Waals surface area contributed by atoms with Gasteiger partial charge in [-0.3, -0.25) is 9.36 Å². The summed E-state index contributed by atoms with van der Waals surface area (Å²) in [4.78, 5) is 25.5. The first kappa shape index (κ1) is 12.0. The highest BCUT2D eigenvalue weighted by atomic mass is 35.5. The molecule has 2 aromatic rings. The lowest BCUT2D eigenvalue weighted by atomic mass is 10.1. The molecule has 17 heavy (non-hydrogen) atoms. The van der Waals surface area contributed by atoms with Crippen molar-refractivity contribution < 1.29 is 0 Å². The maximum absolute atomic E-state index is 11.5. The molecule has 0 unspecified atom stereocenters. The Morgan fingerprint density at radius 2 is 1.65 bits per heavy atom. The second-order valence-corrected chi connectivity index (χ2v) is 4.42. The molecule has 1 heterocycles. The SMILES string of the molecule is Cn1c(=O)cc(-c2cc(Cl)cc(Cl)c2)[nH]c1=O. The maximum Gasteiger partial charge on any atom is 0.328 e. The second kappa shape index (κ2) is 4.39. The first-order valence-corrected chi connectivity index (χ1v) is 5.50. The molecule has 1 aromatic carbocycles. The van der Waals surface area contributed by atoms with E-state index in [9.17, 15) is 9.59 Å². The van der Waals surface area contributed by atoms with Crippen LogP contribution in [-0.2, 0) is 7.05 Å². The number of nitrogens with one attached hydrogen (secondary N) is 1. The Labute approximate surface area is 106 Å². The maximum atomic E-state index is 11.5. The minimum atomic E-state index is -0.483. The van der Waals surface area contributed by atoms with Crippen molar-refractivity contribution in [2.75, 3.05) is 0 Å². The molecule has 0 saturated heterocycles. The van der Waals surface area contributed by atoms with Gasteiger partial charge in [0, 0.05) is 28.7 Å². The average molecular weight is 271 g/mol. The van der Waals surface area contributed by atoms with Gasteiger partial charge >= 0.3 is 5.69 Å². The van der Waals surface area contributed by atoms with E-state index >= 15 is 0 Å². The van der Waals surface area contributed by atoms with Gasteiger partial charge in [0.15, 0.2) is 0 Å². The van der Waals surface area contributed by atoms with E-state index in [1.54, 1.807) is 18.2 Å². The van der Waals surface area contributed by atoms with Crippen molar-refractivity contribution in [2.24, 2.45) is 7.05 Å². The fraction of sp³-hybridized carbons (Fsp3) is 0.0909. The molecular weight excluding hydrogens is 263 g/mol. The van der Waals surface area contributed by atoms with Crippen molar-refractivity contribution in [3.8, 4) is 11.3 Å². The quantitative estimate of drug-likeness (QED) is 0.863. The van der Waals surface area contributed by atoms with Crippen molar-refractivity contribution in [1.82, 2.24) is 9.55 Å². The van der Waals surface area contributed by atoms with Crippen molar-refractivity contribution in [1.29, 1.82) is 0 Å². The molecule has 0 bridgehead atoms. The van der Waals surface area contributed by atoms with Gasteiger partial charge in [-0.2, -0.15) is 0 Å². The number of H-pyrrole nitrogens is 1. The highest BCUT2D eigenvalue weighted by molar-refractivity contribution is 6.35. The van der Waals surface area contributed by atoms with Gasteiger partial charge in [0.1, 0.15) is 0 Å². The zero-order valence-corrected chi connectivity index (χ0v) is 10.3. The van der Waals surface area contributed by atoms with Crippen LogP contribution in [0.1, 0.15) is 0 Å². The lowest BCUT2D eigenvalue weighted by Gasteiger charge is -2.04. The normalized spacial score (nSPS) is 10.5. The van der Waals surface area contributed by atoms with Crippen LogP contribution in [0.25, 0.3) is 11.3 Å². The van der Waals surface area contributed by atoms with Crippen molar-refractivity contribution in [3.05, 3.63) is 55.1 Å². The smallest absolute Gasteiger partial charge is 0.307 e. The minimum absolute atomic E-state index is 0.389. The molecule has 0 aliphatic rings. The predicted octanol–water partition coefficient (Wildman–Crippen LogP) is 2.05. The molecular formula is C11H8Cl2N2O2. The second-order valence-electron chi connectivity index (χ2n) is 3.54. The van der Waals surface area contributed by atoms with Gasteiger partial charge in [-0.05, 0) is 18.2 Å². The van der Waals surface area contributed by atoms with Crippen LogP contribution in [-0.4, -0.2) is 9.55 Å². The molecule has 1 N–H and O–H groups in total. The summed E-state index contributed by atoms with van der Waals surface area (Å²) in [6.45, 7) is 0. The largest absolute Gasteiger partial charge is 0.328 e. The van der Waals surface area contributed by atoms with Crippen molar-refractivity contribution in [2.45, 2.75) is 0 Å². The molecule has 2 rings (SSSR count). The highest BCUT2D eigenvalue weighted by Crippen LogP contribution is 2.24. The van der Waals surface area contributed by atoms with Gasteiger partial charge in [0.05, 0.1) is 5.69 Å². The van der Waals surface area contributed by atoms with Gasteiger partial charge in [0.2, 0.25) is 0 Å². The molecule has 0 atom stereocenters. The van der Waals surface area contributed by atoms with E-state index in [-0.39, 0.29) is 5.56 Å². The third-order valence-corrected chi connectivity index (χ3v) is 2.75. The molecule has 0 spiro atoms. The molecule has 1 aromatic heterocycles. The monoisotopic (exact) mass is 270 g/mol. The summed E-state index contributed by atoms with van der Waals surface area (Å²) >= 11 is 11.7. The third-order valence-electron chi connectivity index (χ3n) is 2.32. The lowest BCUT2D eigenvalue weighted by molar-refractivity contribution is 0.778. The zero-order chi connectivity index (χ0) is 12.6. The Balaban J connectivity index is 2.69. The van der Waals surface area contributed by atoms with Gasteiger partial charge in [-0.25, -0.2) is 4.79 Å². The predicted molar refractivity (Wildman–Crippen MR) is 67.8 cm³/mol. The number of aromatic amines is 1. The number of rotatable bonds is 1. The number of benzene rings is 1. The van der Waals surface area contributed by atoms with Crippen LogP contribution < -0.4 is 11.2 Å². The number of halogens is 2. The van der Waals surface area contributed by atoms with Crippen LogP contribution >= 0.6 is 23.2 Å². The topological polar surface area (TPSA) is 54.9 Å². The van der Waals surface area contributed by atoms with E-state index in [0.717, 1.165) is 4.57 Å². The Hall–Kier alpha value is -1.52. The van der Waals surface area contributed by atoms with E-state index in [1.807, 2.05) is 0 Å². The van der Waals surface area contributed by atoms with E-state index < -0.39 is 5.69 Å². The molecule has 0 fully saturated rings. The molecule has 0 amide bonds. The summed E-state index contributed by atoms with van der Waals surface area (Å²) < 4.78 is 0.982. The van der Waals surface area contributed by atoms with Gasteiger partial charge < -0.3 is 4.98 Å². The van der Waals surface area contributed by atoms with E-state index in [0.29, 0.717) is 21.3 Å². The molecule has 0 radical (unpaired) electrons. The summed E-state index contributed by atoms with van der Waals surface area (Å²) in [5.41, 5.74) is 0.114. The molecule has 0 saturated carbocycles. The Morgan fingerprint density at radius 1 is 1.06 bits per heavy atom. The third kappa shape index (κ3) is 2.43. The Kier molecular flexibility index (Phi) is 3.09. The molecule has 0 aliphatic heterocycles. The van der Waals surface area contributed by atoms with Crippen LogP contribution in [0.4, 0.5) is 0 Å². The first-order valence-electron chi connectivity index (χ1n) is 4.74. The molecule has 6 heteroatoms. The zero-order valence-electron chi connectivity index (χ0n) is 8.83. The number of hydrogen-bond donors (Lipinski definition) is 1.